The summed E-state index contributed by atoms with van der Waals surface area (Å²) < 4.78 is 54.7. The van der Waals surface area contributed by atoms with E-state index in [1.807, 2.05) is 76.3 Å². The van der Waals surface area contributed by atoms with Gasteiger partial charge in [-0.15, -0.1) is 0 Å². The van der Waals surface area contributed by atoms with E-state index in [2.05, 4.69) is 9.44 Å². The van der Waals surface area contributed by atoms with Crippen molar-refractivity contribution in [2.24, 2.45) is 0 Å². The van der Waals surface area contributed by atoms with Gasteiger partial charge in [0.2, 0.25) is 20.0 Å². The van der Waals surface area contributed by atoms with E-state index >= 15 is 0 Å². The fourth-order valence-electron chi connectivity index (χ4n) is 4.36. The average molecular weight is 531 g/mol. The van der Waals surface area contributed by atoms with Crippen LogP contribution in [0.3, 0.4) is 0 Å². The van der Waals surface area contributed by atoms with E-state index in [-0.39, 0.29) is 0 Å². The maximum Gasteiger partial charge on any atom is 0.241 e. The highest BCUT2D eigenvalue weighted by Gasteiger charge is 2.30. The van der Waals surface area contributed by atoms with E-state index in [1.54, 1.807) is 24.3 Å². The Balaban J connectivity index is 0.000000201. The standard InChI is InChI=1S/2C14H19NO2S/c2*1-12-6-8-13(9-7-12)18(16,17)15-14(2)10-4-3-5-11-14/h2*4,6-10,15H,3,5,11H2,1-2H3/t2*14-/m11/s1. The van der Waals surface area contributed by atoms with Gasteiger partial charge in [0.15, 0.2) is 0 Å². The molecule has 2 N–H and O–H groups in total. The first-order valence-corrected chi connectivity index (χ1v) is 15.4. The molecule has 0 saturated carbocycles. The second kappa shape index (κ2) is 11.4. The van der Waals surface area contributed by atoms with Crippen LogP contribution in [0, 0.1) is 13.8 Å². The molecule has 0 spiro atoms. The average Bonchev–Trinajstić information content (AvgIpc) is 2.80. The Hall–Kier alpha value is -2.26. The summed E-state index contributed by atoms with van der Waals surface area (Å²) in [6.07, 6.45) is 13.8. The number of rotatable bonds is 6. The van der Waals surface area contributed by atoms with Gasteiger partial charge in [0.05, 0.1) is 9.79 Å². The third-order valence-electron chi connectivity index (χ3n) is 6.50. The third-order valence-corrected chi connectivity index (χ3v) is 9.76. The second-order valence-electron chi connectivity index (χ2n) is 10.3. The van der Waals surface area contributed by atoms with Gasteiger partial charge < -0.3 is 0 Å². The molecular weight excluding hydrogens is 492 g/mol. The summed E-state index contributed by atoms with van der Waals surface area (Å²) >= 11 is 0. The Morgan fingerprint density at radius 2 is 0.944 bits per heavy atom. The van der Waals surface area contributed by atoms with E-state index in [0.717, 1.165) is 49.7 Å². The first kappa shape index (κ1) is 28.3. The molecule has 2 aromatic carbocycles. The van der Waals surface area contributed by atoms with E-state index in [4.69, 9.17) is 0 Å². The molecule has 0 saturated heterocycles. The lowest BCUT2D eigenvalue weighted by Crippen LogP contribution is -2.45. The van der Waals surface area contributed by atoms with Crippen molar-refractivity contribution in [1.29, 1.82) is 0 Å². The Bertz CT molecular complexity index is 1190. The minimum Gasteiger partial charge on any atom is -0.207 e. The van der Waals surface area contributed by atoms with Crippen molar-refractivity contribution in [3.05, 3.63) is 84.0 Å². The molecule has 36 heavy (non-hydrogen) atoms. The van der Waals surface area contributed by atoms with Gasteiger partial charge in [-0.05, 0) is 90.5 Å². The van der Waals surface area contributed by atoms with Crippen molar-refractivity contribution in [3.8, 4) is 0 Å². The van der Waals surface area contributed by atoms with Crippen LogP contribution in [0.4, 0.5) is 0 Å². The van der Waals surface area contributed by atoms with E-state index < -0.39 is 31.1 Å². The van der Waals surface area contributed by atoms with E-state index in [1.165, 1.54) is 0 Å². The van der Waals surface area contributed by atoms with Gasteiger partial charge in [-0.2, -0.15) is 0 Å². The molecule has 196 valence electrons. The summed E-state index contributed by atoms with van der Waals surface area (Å²) in [7, 11) is -6.87. The van der Waals surface area contributed by atoms with Gasteiger partial charge in [0.25, 0.3) is 0 Å². The molecule has 8 heteroatoms. The van der Waals surface area contributed by atoms with Crippen LogP contribution >= 0.6 is 0 Å². The minimum absolute atomic E-state index is 0.327. The minimum atomic E-state index is -3.44. The monoisotopic (exact) mass is 530 g/mol. The number of allylic oxidation sites excluding steroid dienone is 2. The Morgan fingerprint density at radius 3 is 1.22 bits per heavy atom. The molecule has 2 atom stereocenters. The predicted molar refractivity (Wildman–Crippen MR) is 146 cm³/mol. The van der Waals surface area contributed by atoms with Gasteiger partial charge in [0, 0.05) is 11.1 Å². The molecular formula is C28H38N2O4S2. The summed E-state index contributed by atoms with van der Waals surface area (Å²) in [5.41, 5.74) is 1.19. The lowest BCUT2D eigenvalue weighted by molar-refractivity contribution is 0.440. The van der Waals surface area contributed by atoms with E-state index in [9.17, 15) is 16.8 Å². The Kier molecular flexibility index (Phi) is 8.98. The zero-order chi connectivity index (χ0) is 26.5. The first-order chi connectivity index (χ1) is 16.8. The van der Waals surface area contributed by atoms with Gasteiger partial charge in [-0.1, -0.05) is 59.7 Å². The highest BCUT2D eigenvalue weighted by Crippen LogP contribution is 2.25. The van der Waals surface area contributed by atoms with Gasteiger partial charge >= 0.3 is 0 Å². The molecule has 0 amide bonds. The van der Waals surface area contributed by atoms with Crippen LogP contribution in [0.5, 0.6) is 0 Å². The SMILES string of the molecule is Cc1ccc(S(=O)(=O)N[C@]2(C)C=CCCC2)cc1.Cc1ccc(S(=O)(=O)N[C@]2(C)C=CCCC2)cc1. The molecule has 0 aliphatic heterocycles. The maximum atomic E-state index is 12.3. The van der Waals surface area contributed by atoms with Crippen LogP contribution in [0.25, 0.3) is 0 Å². The van der Waals surface area contributed by atoms with Gasteiger partial charge in [0.1, 0.15) is 0 Å². The number of sulfonamides is 2. The summed E-state index contributed by atoms with van der Waals surface area (Å²) in [4.78, 5) is 0.654. The predicted octanol–water partition coefficient (Wildman–Crippen LogP) is 5.54. The van der Waals surface area contributed by atoms with Crippen molar-refractivity contribution in [1.82, 2.24) is 9.44 Å². The fourth-order valence-corrected chi connectivity index (χ4v) is 7.16. The molecule has 6 nitrogen and oxygen atoms in total. The molecule has 2 aliphatic rings. The van der Waals surface area contributed by atoms with Gasteiger partial charge in [-0.3, -0.25) is 0 Å². The van der Waals surface area contributed by atoms with Gasteiger partial charge in [-0.25, -0.2) is 26.3 Å². The molecule has 0 fully saturated rings. The first-order valence-electron chi connectivity index (χ1n) is 12.4. The molecule has 0 bridgehead atoms. The van der Waals surface area contributed by atoms with Crippen molar-refractivity contribution in [2.75, 3.05) is 0 Å². The molecule has 2 aromatic rings. The largest absolute Gasteiger partial charge is 0.241 e. The molecule has 0 radical (unpaired) electrons. The highest BCUT2D eigenvalue weighted by atomic mass is 32.2. The third kappa shape index (κ3) is 7.87. The van der Waals surface area contributed by atoms with Crippen molar-refractivity contribution in [3.63, 3.8) is 0 Å². The fraction of sp³-hybridized carbons (Fsp3) is 0.429. The molecule has 2 aliphatic carbocycles. The van der Waals surface area contributed by atoms with Crippen molar-refractivity contribution < 1.29 is 16.8 Å². The second-order valence-corrected chi connectivity index (χ2v) is 13.6. The van der Waals surface area contributed by atoms with Crippen LogP contribution in [0.2, 0.25) is 0 Å². The Morgan fingerprint density at radius 1 is 0.611 bits per heavy atom. The highest BCUT2D eigenvalue weighted by molar-refractivity contribution is 7.89. The summed E-state index contributed by atoms with van der Waals surface area (Å²) in [6.45, 7) is 7.73. The number of hydrogen-bond acceptors (Lipinski definition) is 4. The number of hydrogen-bond donors (Lipinski definition) is 2. The smallest absolute Gasteiger partial charge is 0.207 e. The summed E-state index contributed by atoms with van der Waals surface area (Å²) in [6, 6.07) is 13.8. The Labute approximate surface area is 217 Å². The van der Waals surface area contributed by atoms with Crippen LogP contribution in [0.15, 0.2) is 82.6 Å². The summed E-state index contributed by atoms with van der Waals surface area (Å²) in [5, 5.41) is 0. The molecule has 0 aromatic heterocycles. The maximum absolute atomic E-state index is 12.3. The van der Waals surface area contributed by atoms with Crippen LogP contribution < -0.4 is 9.44 Å². The molecule has 4 rings (SSSR count). The molecule has 0 unspecified atom stereocenters. The van der Waals surface area contributed by atoms with Crippen molar-refractivity contribution in [2.45, 2.75) is 87.1 Å². The number of benzene rings is 2. The number of nitrogens with one attached hydrogen (secondary N) is 2. The molecule has 0 heterocycles. The number of aryl methyl sites for hydroxylation is 2. The van der Waals surface area contributed by atoms with Crippen LogP contribution in [-0.2, 0) is 20.0 Å². The zero-order valence-corrected chi connectivity index (χ0v) is 23.3. The van der Waals surface area contributed by atoms with E-state index in [0.29, 0.717) is 9.79 Å². The topological polar surface area (TPSA) is 92.3 Å². The van der Waals surface area contributed by atoms with Crippen molar-refractivity contribution >= 4 is 20.0 Å². The normalized spacial score (nSPS) is 24.1. The lowest BCUT2D eigenvalue weighted by Gasteiger charge is -2.29. The van der Waals surface area contributed by atoms with Crippen LogP contribution in [-0.4, -0.2) is 27.9 Å². The van der Waals surface area contributed by atoms with Crippen LogP contribution in [0.1, 0.15) is 63.5 Å². The lowest BCUT2D eigenvalue weighted by atomic mass is 9.91. The quantitative estimate of drug-likeness (QED) is 0.480. The summed E-state index contributed by atoms with van der Waals surface area (Å²) in [5.74, 6) is 0. The zero-order valence-electron chi connectivity index (χ0n) is 21.6.